The first-order valence-electron chi connectivity index (χ1n) is 11.5. The molecule has 38 heavy (non-hydrogen) atoms. The highest BCUT2D eigenvalue weighted by Gasteiger charge is 2.52. The third-order valence-corrected chi connectivity index (χ3v) is 8.10. The maximum absolute atomic E-state index is 15.1. The lowest BCUT2D eigenvalue weighted by Crippen LogP contribution is -2.68. The van der Waals surface area contributed by atoms with E-state index >= 15 is 4.39 Å². The zero-order valence-corrected chi connectivity index (χ0v) is 20.1. The summed E-state index contributed by atoms with van der Waals surface area (Å²) in [5.41, 5.74) is -0.447. The molecule has 1 amide bonds. The highest BCUT2D eigenvalue weighted by Crippen LogP contribution is 2.45. The van der Waals surface area contributed by atoms with E-state index < -0.39 is 72.1 Å². The van der Waals surface area contributed by atoms with E-state index in [0.29, 0.717) is 16.0 Å². The van der Waals surface area contributed by atoms with E-state index in [0.717, 1.165) is 17.0 Å². The van der Waals surface area contributed by atoms with Crippen LogP contribution in [0.4, 0.5) is 22.0 Å². The van der Waals surface area contributed by atoms with E-state index in [1.807, 2.05) is 0 Å². The summed E-state index contributed by atoms with van der Waals surface area (Å²) >= 11 is 1.26. The fourth-order valence-electron chi connectivity index (χ4n) is 5.22. The number of carbonyl (C=O) groups is 1. The molecule has 13 heteroatoms. The smallest absolute Gasteiger partial charge is 0.416 e. The second-order valence-electron chi connectivity index (χ2n) is 9.06. The minimum absolute atomic E-state index is 0.0522. The van der Waals surface area contributed by atoms with Gasteiger partial charge in [0.2, 0.25) is 5.43 Å². The highest BCUT2D eigenvalue weighted by atomic mass is 32.2. The predicted octanol–water partition coefficient (Wildman–Crippen LogP) is 3.91. The molecule has 0 aliphatic carbocycles. The van der Waals surface area contributed by atoms with Gasteiger partial charge in [-0.3, -0.25) is 19.3 Å². The van der Waals surface area contributed by atoms with Crippen LogP contribution in [0.15, 0.2) is 58.4 Å². The number of thioether (sulfide) groups is 1. The molecular weight excluding hydrogens is 533 g/mol. The van der Waals surface area contributed by atoms with Crippen molar-refractivity contribution in [2.24, 2.45) is 0 Å². The summed E-state index contributed by atoms with van der Waals surface area (Å²) in [6.45, 7) is -1.47. The van der Waals surface area contributed by atoms with Crippen molar-refractivity contribution in [3.05, 3.63) is 92.9 Å². The van der Waals surface area contributed by atoms with Crippen LogP contribution < -0.4 is 10.4 Å². The Morgan fingerprint density at radius 3 is 2.55 bits per heavy atom. The Balaban J connectivity index is 1.62. The van der Waals surface area contributed by atoms with E-state index in [1.165, 1.54) is 33.7 Å². The van der Waals surface area contributed by atoms with Crippen LogP contribution in [0, 0.1) is 11.6 Å². The van der Waals surface area contributed by atoms with E-state index in [-0.39, 0.29) is 11.3 Å². The van der Waals surface area contributed by atoms with Gasteiger partial charge in [0.15, 0.2) is 29.2 Å². The van der Waals surface area contributed by atoms with Crippen molar-refractivity contribution in [1.29, 1.82) is 0 Å². The molecule has 0 bridgehead atoms. The number of rotatable bonds is 1. The monoisotopic (exact) mass is 551 g/mol. The molecule has 1 unspecified atom stereocenters. The van der Waals surface area contributed by atoms with Crippen LogP contribution >= 0.6 is 11.8 Å². The second-order valence-corrected chi connectivity index (χ2v) is 10.1. The summed E-state index contributed by atoms with van der Waals surface area (Å²) in [5, 5.41) is 12.1. The average Bonchev–Trinajstić information content (AvgIpc) is 3.05. The van der Waals surface area contributed by atoms with Crippen LogP contribution in [0.25, 0.3) is 0 Å². The number of amides is 1. The van der Waals surface area contributed by atoms with Crippen molar-refractivity contribution in [1.82, 2.24) is 9.58 Å². The number of fused-ring (bicyclic) bond motifs is 4. The lowest BCUT2D eigenvalue weighted by atomic mass is 9.93. The molecule has 3 aliphatic rings. The Morgan fingerprint density at radius 1 is 1.03 bits per heavy atom. The number of morpholine rings is 1. The summed E-state index contributed by atoms with van der Waals surface area (Å²) in [6.07, 6.45) is -6.98. The maximum atomic E-state index is 15.1. The van der Waals surface area contributed by atoms with Crippen LogP contribution in [0.5, 0.6) is 5.75 Å². The number of hydrogen-bond donors (Lipinski definition) is 1. The Morgan fingerprint density at radius 2 is 1.79 bits per heavy atom. The zero-order chi connectivity index (χ0) is 26.9. The molecule has 0 spiro atoms. The topological polar surface area (TPSA) is 75.0 Å². The van der Waals surface area contributed by atoms with Crippen molar-refractivity contribution in [3.8, 4) is 5.75 Å². The minimum atomic E-state index is -4.77. The van der Waals surface area contributed by atoms with E-state index in [4.69, 9.17) is 4.74 Å². The van der Waals surface area contributed by atoms with Crippen molar-refractivity contribution in [2.75, 3.05) is 18.2 Å². The van der Waals surface area contributed by atoms with Crippen molar-refractivity contribution < 1.29 is 36.6 Å². The molecule has 1 aromatic heterocycles. The third kappa shape index (κ3) is 3.67. The molecule has 1 fully saturated rings. The van der Waals surface area contributed by atoms with Gasteiger partial charge in [0, 0.05) is 28.5 Å². The highest BCUT2D eigenvalue weighted by molar-refractivity contribution is 7.98. The number of aromatic hydroxyl groups is 1. The number of ether oxygens (including phenoxy) is 1. The van der Waals surface area contributed by atoms with Gasteiger partial charge in [0.05, 0.1) is 19.2 Å². The molecule has 0 radical (unpaired) electrons. The van der Waals surface area contributed by atoms with Crippen molar-refractivity contribution in [3.63, 3.8) is 0 Å². The number of carbonyl (C=O) groups excluding carboxylic acids is 1. The van der Waals surface area contributed by atoms with Gasteiger partial charge in [-0.25, -0.2) is 8.78 Å². The number of hydrogen-bond acceptors (Lipinski definition) is 6. The summed E-state index contributed by atoms with van der Waals surface area (Å²) in [5.74, 6) is -3.96. The molecule has 7 nitrogen and oxygen atoms in total. The Kier molecular flexibility index (Phi) is 5.69. The van der Waals surface area contributed by atoms with Gasteiger partial charge in [-0.1, -0.05) is 24.3 Å². The van der Waals surface area contributed by atoms with Gasteiger partial charge in [0.25, 0.3) is 5.91 Å². The molecule has 3 aromatic rings. The van der Waals surface area contributed by atoms with Crippen LogP contribution in [0.3, 0.4) is 0 Å². The largest absolute Gasteiger partial charge is 0.502 e. The number of pyridine rings is 1. The first-order chi connectivity index (χ1) is 18.1. The van der Waals surface area contributed by atoms with Gasteiger partial charge >= 0.3 is 6.18 Å². The SMILES string of the molecule is O=C1c2c(O)c(=O)ccn2N([C@@H]2c3ccccc3SCc3c2ccc(F)c3F)[C@@H]2COC(C(F)(F)F)CN12. The molecule has 3 atom stereocenters. The van der Waals surface area contributed by atoms with Crippen LogP contribution in [0.1, 0.15) is 33.2 Å². The lowest BCUT2D eigenvalue weighted by molar-refractivity contribution is -0.241. The van der Waals surface area contributed by atoms with Gasteiger partial charge in [-0.2, -0.15) is 13.2 Å². The van der Waals surface area contributed by atoms with E-state index in [1.54, 1.807) is 24.3 Å². The van der Waals surface area contributed by atoms with Gasteiger partial charge in [-0.15, -0.1) is 11.8 Å². The summed E-state index contributed by atoms with van der Waals surface area (Å²) in [6, 6.07) is 9.43. The van der Waals surface area contributed by atoms with Crippen molar-refractivity contribution in [2.45, 2.75) is 35.1 Å². The number of benzene rings is 2. The number of alkyl halides is 3. The molecule has 198 valence electrons. The van der Waals surface area contributed by atoms with E-state index in [2.05, 4.69) is 0 Å². The summed E-state index contributed by atoms with van der Waals surface area (Å²) in [4.78, 5) is 27.3. The van der Waals surface area contributed by atoms with E-state index in [9.17, 15) is 32.3 Å². The normalized spacial score (nSPS) is 22.8. The molecule has 3 aliphatic heterocycles. The van der Waals surface area contributed by atoms with Crippen LogP contribution in [-0.4, -0.2) is 52.2 Å². The van der Waals surface area contributed by atoms with Gasteiger partial charge in [-0.05, 0) is 23.3 Å². The average molecular weight is 551 g/mol. The fraction of sp³-hybridized carbons (Fsp3) is 0.280. The van der Waals surface area contributed by atoms with Gasteiger partial charge < -0.3 is 14.7 Å². The lowest BCUT2D eigenvalue weighted by Gasteiger charge is -2.52. The standard InChI is InChI=1S/C25H18F5N3O4S/c26-15-6-5-12-14(20(15)27)11-38-17-4-2-1-3-13(17)21(12)33-19-10-37-18(25(28,29)30)9-31(19)24(36)22-23(35)16(34)7-8-32(22)33/h1-8,18-19,21,35H,9-11H2/t18?,19-,21+/m1/s1. The van der Waals surface area contributed by atoms with Crippen LogP contribution in [-0.2, 0) is 10.5 Å². The first kappa shape index (κ1) is 24.7. The Bertz CT molecular complexity index is 1530. The molecule has 6 rings (SSSR count). The quantitative estimate of drug-likeness (QED) is 0.463. The molecule has 1 N–H and O–H groups in total. The maximum Gasteiger partial charge on any atom is 0.416 e. The molecule has 1 saturated heterocycles. The number of halogens is 5. The zero-order valence-electron chi connectivity index (χ0n) is 19.3. The molecule has 0 saturated carbocycles. The number of aromatic nitrogens is 1. The summed E-state index contributed by atoms with van der Waals surface area (Å²) in [7, 11) is 0. The Labute approximate surface area is 216 Å². The fourth-order valence-corrected chi connectivity index (χ4v) is 6.33. The second kappa shape index (κ2) is 8.73. The predicted molar refractivity (Wildman–Crippen MR) is 125 cm³/mol. The number of nitrogens with zero attached hydrogens (tertiary/aromatic N) is 3. The first-order valence-corrected chi connectivity index (χ1v) is 12.5. The molecule has 4 heterocycles. The minimum Gasteiger partial charge on any atom is -0.502 e. The Hall–Kier alpha value is -3.58. The van der Waals surface area contributed by atoms with Gasteiger partial charge in [0.1, 0.15) is 6.17 Å². The summed E-state index contributed by atoms with van der Waals surface area (Å²) < 4.78 is 76.5. The van der Waals surface area contributed by atoms with Crippen molar-refractivity contribution >= 4 is 17.7 Å². The molecule has 2 aromatic carbocycles. The van der Waals surface area contributed by atoms with Crippen LogP contribution in [0.2, 0.25) is 0 Å². The third-order valence-electron chi connectivity index (χ3n) is 6.98. The molecular formula is C25H18F5N3O4S.